The second kappa shape index (κ2) is 17.0. The highest BCUT2D eigenvalue weighted by atomic mass is 16.7. The Morgan fingerprint density at radius 2 is 1.78 bits per heavy atom. The number of rotatable bonds is 13. The van der Waals surface area contributed by atoms with Gasteiger partial charge in [0.15, 0.2) is 6.10 Å². The van der Waals surface area contributed by atoms with Crippen molar-refractivity contribution in [3.63, 3.8) is 0 Å². The third-order valence-corrected chi connectivity index (χ3v) is 5.63. The van der Waals surface area contributed by atoms with Crippen LogP contribution in [0, 0.1) is 0 Å². The molecule has 0 spiro atoms. The van der Waals surface area contributed by atoms with Gasteiger partial charge in [0.1, 0.15) is 24.7 Å². The van der Waals surface area contributed by atoms with Gasteiger partial charge in [0, 0.05) is 49.6 Å². The van der Waals surface area contributed by atoms with Crippen LogP contribution < -0.4 is 14.8 Å². The number of carbonyl (C=O) groups is 5. The Labute approximate surface area is 238 Å². The minimum atomic E-state index is -1.20. The topological polar surface area (TPSA) is 178 Å². The van der Waals surface area contributed by atoms with Crippen molar-refractivity contribution >= 4 is 29.7 Å². The van der Waals surface area contributed by atoms with Gasteiger partial charge in [-0.15, -0.1) is 0 Å². The van der Waals surface area contributed by atoms with Crippen molar-refractivity contribution in [2.45, 2.75) is 78.0 Å². The first-order valence-corrected chi connectivity index (χ1v) is 13.5. The molecule has 0 bridgehead atoms. The number of esters is 1. The lowest BCUT2D eigenvalue weighted by molar-refractivity contribution is -0.195. The maximum absolute atomic E-state index is 12.0. The summed E-state index contributed by atoms with van der Waals surface area (Å²) >= 11 is 0. The maximum Gasteiger partial charge on any atom is 0.333 e. The number of ether oxygens (including phenoxy) is 4. The van der Waals surface area contributed by atoms with Crippen molar-refractivity contribution in [1.82, 2.24) is 10.2 Å². The molecule has 226 valence electrons. The number of aliphatic hydroxyl groups excluding tert-OH is 1. The van der Waals surface area contributed by atoms with Crippen molar-refractivity contribution < 1.29 is 53.1 Å². The molecule has 2 aliphatic rings. The molecule has 1 fully saturated rings. The third kappa shape index (κ3) is 11.2. The van der Waals surface area contributed by atoms with Crippen LogP contribution in [0.15, 0.2) is 30.4 Å². The van der Waals surface area contributed by atoms with Crippen LogP contribution in [0.25, 0.3) is 0 Å². The van der Waals surface area contributed by atoms with E-state index in [1.165, 1.54) is 12.5 Å². The highest BCUT2D eigenvalue weighted by Crippen LogP contribution is 2.29. The molecule has 0 aliphatic carbocycles. The van der Waals surface area contributed by atoms with Crippen molar-refractivity contribution in [3.8, 4) is 11.5 Å². The number of imide groups is 1. The van der Waals surface area contributed by atoms with Gasteiger partial charge in [-0.25, -0.2) is 4.79 Å². The predicted octanol–water partition coefficient (Wildman–Crippen LogP) is 1.70. The first-order chi connectivity index (χ1) is 19.6. The van der Waals surface area contributed by atoms with E-state index < -0.39 is 48.2 Å². The Morgan fingerprint density at radius 1 is 1.10 bits per heavy atom. The molecule has 2 aliphatic heterocycles. The monoisotopic (exact) mass is 578 g/mol. The van der Waals surface area contributed by atoms with E-state index in [-0.39, 0.29) is 51.3 Å². The van der Waals surface area contributed by atoms with Gasteiger partial charge in [-0.2, -0.15) is 0 Å². The molecule has 3 atom stereocenters. The molecular weight excluding hydrogens is 540 g/mol. The summed E-state index contributed by atoms with van der Waals surface area (Å²) in [6, 6.07) is 4.74. The van der Waals surface area contributed by atoms with Crippen molar-refractivity contribution in [3.05, 3.63) is 35.9 Å². The van der Waals surface area contributed by atoms with Crippen LogP contribution in [0.5, 0.6) is 11.5 Å². The minimum Gasteiger partial charge on any atom is -0.493 e. The van der Waals surface area contributed by atoms with Gasteiger partial charge < -0.3 is 34.5 Å². The fourth-order valence-corrected chi connectivity index (χ4v) is 3.64. The van der Waals surface area contributed by atoms with E-state index >= 15 is 0 Å². The number of benzene rings is 1. The molecule has 3 amide bonds. The Kier molecular flexibility index (Phi) is 13.8. The van der Waals surface area contributed by atoms with Crippen LogP contribution in [0.1, 0.15) is 58.4 Å². The first-order valence-electron chi connectivity index (χ1n) is 13.5. The molecule has 2 heterocycles. The molecule has 1 saturated heterocycles. The van der Waals surface area contributed by atoms with Gasteiger partial charge in [-0.1, -0.05) is 27.2 Å². The fourth-order valence-electron chi connectivity index (χ4n) is 3.64. The minimum absolute atomic E-state index is 0.0383. The molecule has 0 saturated carbocycles. The summed E-state index contributed by atoms with van der Waals surface area (Å²) in [6.45, 7) is 5.85. The summed E-state index contributed by atoms with van der Waals surface area (Å²) in [7, 11) is 0. The lowest BCUT2D eigenvalue weighted by Gasteiger charge is -2.31. The molecule has 3 N–H and O–H groups in total. The third-order valence-electron chi connectivity index (χ3n) is 5.63. The SMILES string of the molecule is CCC.CCC(=O)OCc1ccc(O[C@H]2C[C@@H](O)C[C@@H](C(=O)O)O2)cc1OCCCNC(=O)CN1C(=O)C=CC1=O. The Bertz CT molecular complexity index is 1090. The molecule has 3 rings (SSSR count). The molecule has 0 radical (unpaired) electrons. The average Bonchev–Trinajstić information content (AvgIpc) is 3.24. The van der Waals surface area contributed by atoms with Gasteiger partial charge in [0.2, 0.25) is 12.2 Å². The largest absolute Gasteiger partial charge is 0.493 e. The number of carboxylic acid groups (broad SMARTS) is 1. The van der Waals surface area contributed by atoms with Gasteiger partial charge in [0.25, 0.3) is 11.8 Å². The first kappa shape index (κ1) is 33.2. The second-order valence-electron chi connectivity index (χ2n) is 9.27. The number of nitrogens with one attached hydrogen (secondary N) is 1. The van der Waals surface area contributed by atoms with Gasteiger partial charge in [0.05, 0.1) is 12.7 Å². The van der Waals surface area contributed by atoms with Crippen molar-refractivity contribution in [2.75, 3.05) is 19.7 Å². The zero-order valence-electron chi connectivity index (χ0n) is 23.5. The summed E-state index contributed by atoms with van der Waals surface area (Å²) in [4.78, 5) is 58.8. The standard InChI is InChI=1S/C25H30N2O11.C3H8/c1-2-23(32)36-14-15-4-5-17(37-24-11-16(28)10-19(38-24)25(33)34)12-18(15)35-9-3-8-26-20(29)13-27-21(30)6-7-22(27)31;1-3-2/h4-7,12,16,19,24,28H,2-3,8-11,13-14H2,1H3,(H,26,29)(H,33,34);3H2,1-2H3/t16-,19-,24+;/m0./s1. The normalized spacial score (nSPS) is 19.7. The smallest absolute Gasteiger partial charge is 0.333 e. The van der Waals surface area contributed by atoms with Gasteiger partial charge in [-0.3, -0.25) is 24.1 Å². The summed E-state index contributed by atoms with van der Waals surface area (Å²) in [5.41, 5.74) is 0.551. The molecule has 0 unspecified atom stereocenters. The number of carbonyl (C=O) groups excluding carboxylic acids is 4. The van der Waals surface area contributed by atoms with Crippen LogP contribution in [-0.2, 0) is 40.1 Å². The highest BCUT2D eigenvalue weighted by Gasteiger charge is 2.34. The molecule has 41 heavy (non-hydrogen) atoms. The Hall–Kier alpha value is -3.97. The van der Waals surface area contributed by atoms with E-state index in [2.05, 4.69) is 19.2 Å². The molecule has 0 aromatic heterocycles. The lowest BCUT2D eigenvalue weighted by atomic mass is 10.1. The Morgan fingerprint density at radius 3 is 2.41 bits per heavy atom. The Balaban J connectivity index is 0.00000187. The molecule has 1 aromatic rings. The average molecular weight is 579 g/mol. The number of aliphatic carboxylic acids is 1. The zero-order valence-corrected chi connectivity index (χ0v) is 23.5. The fraction of sp³-hybridized carbons (Fsp3) is 0.536. The zero-order chi connectivity index (χ0) is 30.4. The van der Waals surface area contributed by atoms with Crippen LogP contribution in [-0.4, -0.2) is 83.0 Å². The quantitative estimate of drug-likeness (QED) is 0.176. The number of carboxylic acids is 1. The van der Waals surface area contributed by atoms with Crippen molar-refractivity contribution in [2.24, 2.45) is 0 Å². The van der Waals surface area contributed by atoms with E-state index in [4.69, 9.17) is 18.9 Å². The number of hydrogen-bond donors (Lipinski definition) is 3. The van der Waals surface area contributed by atoms with Gasteiger partial charge in [-0.05, 0) is 18.6 Å². The van der Waals surface area contributed by atoms with E-state index in [0.29, 0.717) is 17.7 Å². The van der Waals surface area contributed by atoms with Crippen molar-refractivity contribution in [1.29, 1.82) is 0 Å². The highest BCUT2D eigenvalue weighted by molar-refractivity contribution is 6.14. The predicted molar refractivity (Wildman–Crippen MR) is 144 cm³/mol. The van der Waals surface area contributed by atoms with E-state index in [1.807, 2.05) is 0 Å². The van der Waals surface area contributed by atoms with E-state index in [0.717, 1.165) is 17.1 Å². The van der Waals surface area contributed by atoms with Crippen LogP contribution >= 0.6 is 0 Å². The van der Waals surface area contributed by atoms with Crippen LogP contribution in [0.4, 0.5) is 0 Å². The van der Waals surface area contributed by atoms with Crippen LogP contribution in [0.2, 0.25) is 0 Å². The molecule has 1 aromatic carbocycles. The molecule has 13 heteroatoms. The molecule has 13 nitrogen and oxygen atoms in total. The maximum atomic E-state index is 12.0. The molecular formula is C28H38N2O11. The number of nitrogens with zero attached hydrogens (tertiary/aromatic N) is 1. The van der Waals surface area contributed by atoms with Gasteiger partial charge >= 0.3 is 11.9 Å². The second-order valence-corrected chi connectivity index (χ2v) is 9.27. The van der Waals surface area contributed by atoms with Crippen LogP contribution in [0.3, 0.4) is 0 Å². The van der Waals surface area contributed by atoms with E-state index in [1.54, 1.807) is 19.1 Å². The summed E-state index contributed by atoms with van der Waals surface area (Å²) in [6.07, 6.45) is 0.997. The summed E-state index contributed by atoms with van der Waals surface area (Å²) in [5.74, 6) is -2.55. The summed E-state index contributed by atoms with van der Waals surface area (Å²) < 4.78 is 22.2. The lowest BCUT2D eigenvalue weighted by Crippen LogP contribution is -2.42. The van der Waals surface area contributed by atoms with E-state index in [9.17, 15) is 34.2 Å². The number of hydrogen-bond acceptors (Lipinski definition) is 10. The number of aliphatic hydroxyl groups is 1. The summed E-state index contributed by atoms with van der Waals surface area (Å²) in [5, 5.41) is 21.8. The number of amides is 3.